The minimum absolute atomic E-state index is 0.332. The Hall–Kier alpha value is -0.500. The van der Waals surface area contributed by atoms with Gasteiger partial charge in [-0.3, -0.25) is 4.79 Å². The molecule has 0 amide bonds. The number of halogens is 6. The van der Waals surface area contributed by atoms with Crippen molar-refractivity contribution in [2.45, 2.75) is 19.0 Å². The average Bonchev–Trinajstić information content (AvgIpc) is 2.43. The molecule has 90 valence electrons. The predicted octanol–water partition coefficient (Wildman–Crippen LogP) is 4.20. The van der Waals surface area contributed by atoms with Crippen molar-refractivity contribution >= 4 is 33.0 Å². The van der Waals surface area contributed by atoms with E-state index in [2.05, 4.69) is 15.9 Å². The van der Waals surface area contributed by atoms with Crippen molar-refractivity contribution in [1.82, 2.24) is 0 Å². The van der Waals surface area contributed by atoms with Gasteiger partial charge in [0.15, 0.2) is 0 Å². The molecule has 0 saturated carbocycles. The summed E-state index contributed by atoms with van der Waals surface area (Å²) in [4.78, 5) is 10.8. The molecule has 0 fully saturated rings. The fraction of sp³-hybridized carbons (Fsp3) is 0.375. The molecule has 0 bridgehead atoms. The number of carbonyl (C=O) groups excluding carboxylic acids is 1. The molecule has 1 nitrogen and oxygen atoms in total. The van der Waals surface area contributed by atoms with Gasteiger partial charge in [-0.25, -0.2) is 0 Å². The molecule has 0 N–H and O–H groups in total. The van der Waals surface area contributed by atoms with Gasteiger partial charge in [-0.1, -0.05) is 0 Å². The molecular formula is C8H4BrF5OS. The SMILES string of the molecule is Cc1sc(C(=O)C(F)(F)C(F)(F)F)cc1Br. The van der Waals surface area contributed by atoms with Crippen LogP contribution in [0.3, 0.4) is 0 Å². The highest BCUT2D eigenvalue weighted by Gasteiger charge is 2.63. The lowest BCUT2D eigenvalue weighted by Gasteiger charge is -2.16. The van der Waals surface area contributed by atoms with E-state index >= 15 is 0 Å². The maximum Gasteiger partial charge on any atom is 0.461 e. The van der Waals surface area contributed by atoms with Crippen molar-refractivity contribution < 1.29 is 26.7 Å². The third-order valence-electron chi connectivity index (χ3n) is 1.72. The van der Waals surface area contributed by atoms with Gasteiger partial charge in [-0.05, 0) is 28.9 Å². The second-order valence-corrected chi connectivity index (χ2v) is 5.03. The van der Waals surface area contributed by atoms with Crippen LogP contribution in [0.4, 0.5) is 22.0 Å². The second kappa shape index (κ2) is 4.06. The van der Waals surface area contributed by atoms with Crippen LogP contribution in [-0.2, 0) is 0 Å². The first-order valence-electron chi connectivity index (χ1n) is 3.82. The van der Waals surface area contributed by atoms with Crippen LogP contribution < -0.4 is 0 Å². The van der Waals surface area contributed by atoms with Crippen LogP contribution in [-0.4, -0.2) is 17.9 Å². The number of aryl methyl sites for hydroxylation is 1. The zero-order valence-corrected chi connectivity index (χ0v) is 10.1. The molecule has 1 aromatic heterocycles. The van der Waals surface area contributed by atoms with Crippen LogP contribution in [0, 0.1) is 6.92 Å². The minimum Gasteiger partial charge on any atom is -0.286 e. The van der Waals surface area contributed by atoms with Gasteiger partial charge in [0.05, 0.1) is 4.88 Å². The summed E-state index contributed by atoms with van der Waals surface area (Å²) in [6.07, 6.45) is -5.87. The molecule has 8 heteroatoms. The molecule has 1 heterocycles. The van der Waals surface area contributed by atoms with Gasteiger partial charge >= 0.3 is 12.1 Å². The summed E-state index contributed by atoms with van der Waals surface area (Å²) in [7, 11) is 0. The Morgan fingerprint density at radius 1 is 1.31 bits per heavy atom. The van der Waals surface area contributed by atoms with Gasteiger partial charge in [-0.2, -0.15) is 22.0 Å². The molecule has 0 spiro atoms. The number of alkyl halides is 5. The van der Waals surface area contributed by atoms with E-state index in [0.29, 0.717) is 20.7 Å². The molecule has 0 aliphatic carbocycles. The highest BCUT2D eigenvalue weighted by Crippen LogP contribution is 2.40. The molecule has 0 saturated heterocycles. The lowest BCUT2D eigenvalue weighted by atomic mass is 10.2. The van der Waals surface area contributed by atoms with E-state index in [-0.39, 0.29) is 0 Å². The molecule has 1 rings (SSSR count). The standard InChI is InChI=1S/C8H4BrF5OS/c1-3-4(9)2-5(16-3)6(15)7(10,11)8(12,13)14/h2H,1H3. The van der Waals surface area contributed by atoms with Crippen LogP contribution in [0.15, 0.2) is 10.5 Å². The topological polar surface area (TPSA) is 17.1 Å². The largest absolute Gasteiger partial charge is 0.461 e. The van der Waals surface area contributed by atoms with E-state index in [1.54, 1.807) is 0 Å². The third kappa shape index (κ3) is 2.27. The van der Waals surface area contributed by atoms with Crippen LogP contribution in [0.1, 0.15) is 14.5 Å². The highest BCUT2D eigenvalue weighted by molar-refractivity contribution is 9.10. The molecule has 0 atom stereocenters. The molecule has 0 aliphatic rings. The van der Waals surface area contributed by atoms with Crippen LogP contribution >= 0.6 is 27.3 Å². The first kappa shape index (κ1) is 13.6. The molecule has 0 aromatic carbocycles. The summed E-state index contributed by atoms with van der Waals surface area (Å²) in [5.74, 6) is -7.57. The second-order valence-electron chi connectivity index (χ2n) is 2.92. The van der Waals surface area contributed by atoms with Gasteiger partial charge in [0.2, 0.25) is 0 Å². The fourth-order valence-corrected chi connectivity index (χ4v) is 2.36. The summed E-state index contributed by atoms with van der Waals surface area (Å²) >= 11 is 3.52. The first-order chi connectivity index (χ1) is 7.07. The van der Waals surface area contributed by atoms with Crippen LogP contribution in [0.25, 0.3) is 0 Å². The summed E-state index contributed by atoms with van der Waals surface area (Å²) in [5.41, 5.74) is 0. The monoisotopic (exact) mass is 322 g/mol. The van der Waals surface area contributed by atoms with Crippen molar-refractivity contribution in [1.29, 1.82) is 0 Å². The number of ketones is 1. The average molecular weight is 323 g/mol. The minimum atomic E-state index is -5.87. The number of carbonyl (C=O) groups is 1. The number of hydrogen-bond donors (Lipinski definition) is 0. The third-order valence-corrected chi connectivity index (χ3v) is 3.86. The van der Waals surface area contributed by atoms with Gasteiger partial charge in [0.25, 0.3) is 5.78 Å². The van der Waals surface area contributed by atoms with E-state index in [9.17, 15) is 26.7 Å². The van der Waals surface area contributed by atoms with Crippen molar-refractivity contribution in [2.75, 3.05) is 0 Å². The lowest BCUT2D eigenvalue weighted by molar-refractivity contribution is -0.255. The van der Waals surface area contributed by atoms with E-state index in [0.717, 1.165) is 6.07 Å². The fourth-order valence-electron chi connectivity index (χ4n) is 0.855. The number of rotatable bonds is 2. The van der Waals surface area contributed by atoms with E-state index in [4.69, 9.17) is 0 Å². The number of Topliss-reactive ketones (excluding diaryl/α,β-unsaturated/α-hetero) is 1. The van der Waals surface area contributed by atoms with Crippen molar-refractivity contribution in [3.8, 4) is 0 Å². The molecule has 1 aromatic rings. The van der Waals surface area contributed by atoms with Crippen molar-refractivity contribution in [2.24, 2.45) is 0 Å². The van der Waals surface area contributed by atoms with Crippen LogP contribution in [0.2, 0.25) is 0 Å². The molecule has 16 heavy (non-hydrogen) atoms. The normalized spacial score (nSPS) is 12.9. The Morgan fingerprint density at radius 3 is 2.12 bits per heavy atom. The van der Waals surface area contributed by atoms with Crippen molar-refractivity contribution in [3.63, 3.8) is 0 Å². The van der Waals surface area contributed by atoms with Crippen LogP contribution in [0.5, 0.6) is 0 Å². The number of thiophene rings is 1. The van der Waals surface area contributed by atoms with E-state index < -0.39 is 22.8 Å². The van der Waals surface area contributed by atoms with E-state index in [1.807, 2.05) is 0 Å². The first-order valence-corrected chi connectivity index (χ1v) is 5.43. The highest BCUT2D eigenvalue weighted by atomic mass is 79.9. The quantitative estimate of drug-likeness (QED) is 0.589. The van der Waals surface area contributed by atoms with Gasteiger partial charge < -0.3 is 0 Å². The van der Waals surface area contributed by atoms with Gasteiger partial charge in [0, 0.05) is 9.35 Å². The maximum absolute atomic E-state index is 12.7. The zero-order valence-electron chi connectivity index (χ0n) is 7.66. The Kier molecular flexibility index (Phi) is 3.45. The van der Waals surface area contributed by atoms with Crippen molar-refractivity contribution in [3.05, 3.63) is 20.3 Å². The molecule has 0 aliphatic heterocycles. The Morgan fingerprint density at radius 2 is 1.81 bits per heavy atom. The molecular weight excluding hydrogens is 319 g/mol. The predicted molar refractivity (Wildman–Crippen MR) is 52.1 cm³/mol. The Balaban J connectivity index is 3.12. The molecule has 0 unspecified atom stereocenters. The summed E-state index contributed by atoms with van der Waals surface area (Å²) < 4.78 is 61.4. The summed E-state index contributed by atoms with van der Waals surface area (Å²) in [5, 5.41) is 0. The molecule has 0 radical (unpaired) electrons. The lowest BCUT2D eigenvalue weighted by Crippen LogP contribution is -2.43. The zero-order chi connectivity index (χ0) is 12.7. The van der Waals surface area contributed by atoms with Gasteiger partial charge in [-0.15, -0.1) is 11.3 Å². The summed E-state index contributed by atoms with van der Waals surface area (Å²) in [6, 6.07) is 0.960. The maximum atomic E-state index is 12.7. The van der Waals surface area contributed by atoms with Gasteiger partial charge in [0.1, 0.15) is 0 Å². The summed E-state index contributed by atoms with van der Waals surface area (Å²) in [6.45, 7) is 1.50. The Labute approximate surface area is 99.4 Å². The van der Waals surface area contributed by atoms with E-state index in [1.165, 1.54) is 6.92 Å². The number of hydrogen-bond acceptors (Lipinski definition) is 2. The smallest absolute Gasteiger partial charge is 0.286 e. The Bertz CT molecular complexity index is 403.